The van der Waals surface area contributed by atoms with Crippen molar-refractivity contribution in [2.45, 2.75) is 26.3 Å². The summed E-state index contributed by atoms with van der Waals surface area (Å²) in [5.41, 5.74) is 2.64. The average Bonchev–Trinajstić information content (AvgIpc) is 2.41. The molecule has 1 heterocycles. The number of rotatable bonds is 4. The largest absolute Gasteiger partial charge is 0.496 e. The monoisotopic (exact) mass is 320 g/mol. The highest BCUT2D eigenvalue weighted by molar-refractivity contribution is 5.85. The molecule has 0 aromatic heterocycles. The van der Waals surface area contributed by atoms with Gasteiger partial charge in [-0.15, -0.1) is 24.8 Å². The van der Waals surface area contributed by atoms with Crippen molar-refractivity contribution in [2.75, 3.05) is 33.3 Å². The molecule has 1 aromatic carbocycles. The van der Waals surface area contributed by atoms with Crippen LogP contribution in [0.1, 0.15) is 30.5 Å². The van der Waals surface area contributed by atoms with Crippen molar-refractivity contribution in [1.82, 2.24) is 10.2 Å². The number of aryl methyl sites for hydroxylation is 1. The third-order valence-corrected chi connectivity index (χ3v) is 3.78. The second-order valence-electron chi connectivity index (χ2n) is 4.94. The Morgan fingerprint density at radius 3 is 2.40 bits per heavy atom. The first-order valence-electron chi connectivity index (χ1n) is 6.85. The highest BCUT2D eigenvalue weighted by Crippen LogP contribution is 2.28. The molecule has 0 aliphatic carbocycles. The van der Waals surface area contributed by atoms with E-state index in [9.17, 15) is 0 Å². The molecule has 2 rings (SSSR count). The molecule has 0 saturated carbocycles. The number of halogens is 2. The lowest BCUT2D eigenvalue weighted by Crippen LogP contribution is -2.45. The highest BCUT2D eigenvalue weighted by Gasteiger charge is 2.20. The van der Waals surface area contributed by atoms with Crippen LogP contribution in [0.5, 0.6) is 5.75 Å². The normalized spacial score (nSPS) is 16.8. The predicted molar refractivity (Wildman–Crippen MR) is 89.7 cm³/mol. The molecule has 0 radical (unpaired) electrons. The maximum atomic E-state index is 5.34. The molecule has 116 valence electrons. The van der Waals surface area contributed by atoms with Crippen LogP contribution >= 0.6 is 24.8 Å². The Balaban J connectivity index is 0.00000180. The Bertz CT molecular complexity index is 395. The molecule has 1 saturated heterocycles. The summed E-state index contributed by atoms with van der Waals surface area (Å²) in [5, 5.41) is 3.41. The van der Waals surface area contributed by atoms with Crippen LogP contribution in [0, 0.1) is 6.92 Å². The van der Waals surface area contributed by atoms with Crippen LogP contribution in [0.15, 0.2) is 18.2 Å². The van der Waals surface area contributed by atoms with Gasteiger partial charge in [-0.3, -0.25) is 4.90 Å². The average molecular weight is 321 g/mol. The Morgan fingerprint density at radius 2 is 1.90 bits per heavy atom. The number of methoxy groups -OCH3 is 1. The first-order valence-corrected chi connectivity index (χ1v) is 6.85. The molecule has 0 amide bonds. The van der Waals surface area contributed by atoms with Crippen LogP contribution < -0.4 is 10.1 Å². The minimum Gasteiger partial charge on any atom is -0.496 e. The summed E-state index contributed by atoms with van der Waals surface area (Å²) in [6.07, 6.45) is 1.16. The van der Waals surface area contributed by atoms with E-state index in [1.807, 2.05) is 0 Å². The maximum absolute atomic E-state index is 5.34. The van der Waals surface area contributed by atoms with E-state index in [1.165, 1.54) is 11.1 Å². The van der Waals surface area contributed by atoms with Crippen molar-refractivity contribution >= 4 is 24.8 Å². The number of nitrogens with zero attached hydrogens (tertiary/aromatic N) is 1. The van der Waals surface area contributed by atoms with Gasteiger partial charge in [0.05, 0.1) is 7.11 Å². The summed E-state index contributed by atoms with van der Waals surface area (Å²) in [5.74, 6) is 0.980. The molecule has 0 bridgehead atoms. The Labute approximate surface area is 134 Å². The van der Waals surface area contributed by atoms with E-state index in [2.05, 4.69) is 42.3 Å². The highest BCUT2D eigenvalue weighted by atomic mass is 35.5. The van der Waals surface area contributed by atoms with Crippen molar-refractivity contribution in [3.63, 3.8) is 0 Å². The van der Waals surface area contributed by atoms with Gasteiger partial charge in [-0.2, -0.15) is 0 Å². The smallest absolute Gasteiger partial charge is 0.121 e. The van der Waals surface area contributed by atoms with Gasteiger partial charge in [-0.05, 0) is 30.5 Å². The lowest BCUT2D eigenvalue weighted by Gasteiger charge is -2.35. The molecule has 3 nitrogen and oxygen atoms in total. The minimum absolute atomic E-state index is 0. The van der Waals surface area contributed by atoms with Crippen LogP contribution in [0.4, 0.5) is 0 Å². The van der Waals surface area contributed by atoms with E-state index in [0.29, 0.717) is 6.04 Å². The van der Waals surface area contributed by atoms with Gasteiger partial charge in [0.2, 0.25) is 0 Å². The van der Waals surface area contributed by atoms with Gasteiger partial charge in [-0.1, -0.05) is 19.1 Å². The standard InChI is InChI=1S/C15H24N2O.2ClH/c1-4-14(17-9-7-16-8-10-17)13-5-6-15(18-3)12(2)11-13;;/h5-6,11,14,16H,4,7-10H2,1-3H3;2*1H/t14-;;/m1../s1. The van der Waals surface area contributed by atoms with Crippen LogP contribution in [-0.4, -0.2) is 38.2 Å². The number of piperazine rings is 1. The predicted octanol–water partition coefficient (Wildman–Crippen LogP) is 3.20. The molecule has 1 aromatic rings. The summed E-state index contributed by atoms with van der Waals surface area (Å²) in [6, 6.07) is 7.11. The Kier molecular flexibility index (Phi) is 9.23. The number of ether oxygens (including phenoxy) is 1. The lowest BCUT2D eigenvalue weighted by molar-refractivity contribution is 0.169. The molecule has 0 spiro atoms. The fraction of sp³-hybridized carbons (Fsp3) is 0.600. The summed E-state index contributed by atoms with van der Waals surface area (Å²) in [4.78, 5) is 2.58. The Morgan fingerprint density at radius 1 is 1.25 bits per heavy atom. The van der Waals surface area contributed by atoms with E-state index in [1.54, 1.807) is 7.11 Å². The summed E-state index contributed by atoms with van der Waals surface area (Å²) in [6.45, 7) is 8.88. The molecular weight excluding hydrogens is 295 g/mol. The van der Waals surface area contributed by atoms with Gasteiger partial charge in [0.15, 0.2) is 0 Å². The fourth-order valence-electron chi connectivity index (χ4n) is 2.81. The zero-order chi connectivity index (χ0) is 13.0. The topological polar surface area (TPSA) is 24.5 Å². The first-order chi connectivity index (χ1) is 8.76. The van der Waals surface area contributed by atoms with Crippen LogP contribution in [-0.2, 0) is 0 Å². The van der Waals surface area contributed by atoms with Gasteiger partial charge in [0, 0.05) is 32.2 Å². The second kappa shape index (κ2) is 9.46. The maximum Gasteiger partial charge on any atom is 0.121 e. The molecule has 1 aliphatic rings. The van der Waals surface area contributed by atoms with E-state index in [-0.39, 0.29) is 24.8 Å². The second-order valence-corrected chi connectivity index (χ2v) is 4.94. The van der Waals surface area contributed by atoms with Crippen molar-refractivity contribution in [3.05, 3.63) is 29.3 Å². The third kappa shape index (κ3) is 4.52. The number of benzene rings is 1. The minimum atomic E-state index is 0. The van der Waals surface area contributed by atoms with Crippen molar-refractivity contribution in [1.29, 1.82) is 0 Å². The Hall–Kier alpha value is -0.480. The lowest BCUT2D eigenvalue weighted by atomic mass is 9.99. The first kappa shape index (κ1) is 19.5. The van der Waals surface area contributed by atoms with E-state index >= 15 is 0 Å². The molecule has 1 N–H and O–H groups in total. The summed E-state index contributed by atoms with van der Waals surface area (Å²) >= 11 is 0. The molecule has 5 heteroatoms. The number of nitrogens with one attached hydrogen (secondary N) is 1. The van der Waals surface area contributed by atoms with Gasteiger partial charge in [0.1, 0.15) is 5.75 Å². The van der Waals surface area contributed by atoms with E-state index in [0.717, 1.165) is 38.3 Å². The van der Waals surface area contributed by atoms with Gasteiger partial charge in [-0.25, -0.2) is 0 Å². The molecule has 1 atom stereocenters. The molecule has 1 fully saturated rings. The molecule has 20 heavy (non-hydrogen) atoms. The van der Waals surface area contributed by atoms with Gasteiger partial charge >= 0.3 is 0 Å². The zero-order valence-electron chi connectivity index (χ0n) is 12.5. The molecule has 1 aliphatic heterocycles. The van der Waals surface area contributed by atoms with Crippen molar-refractivity contribution in [3.8, 4) is 5.75 Å². The molecule has 0 unspecified atom stereocenters. The van der Waals surface area contributed by atoms with E-state index in [4.69, 9.17) is 4.74 Å². The van der Waals surface area contributed by atoms with Gasteiger partial charge < -0.3 is 10.1 Å². The number of hydrogen-bond acceptors (Lipinski definition) is 3. The number of hydrogen-bond donors (Lipinski definition) is 1. The summed E-state index contributed by atoms with van der Waals surface area (Å²) < 4.78 is 5.34. The zero-order valence-corrected chi connectivity index (χ0v) is 14.1. The summed E-state index contributed by atoms with van der Waals surface area (Å²) in [7, 11) is 1.73. The van der Waals surface area contributed by atoms with Gasteiger partial charge in [0.25, 0.3) is 0 Å². The van der Waals surface area contributed by atoms with Crippen molar-refractivity contribution in [2.24, 2.45) is 0 Å². The quantitative estimate of drug-likeness (QED) is 0.922. The SMILES string of the molecule is CC[C@H](c1ccc(OC)c(C)c1)N1CCNCC1.Cl.Cl. The van der Waals surface area contributed by atoms with Crippen molar-refractivity contribution < 1.29 is 4.74 Å². The third-order valence-electron chi connectivity index (χ3n) is 3.78. The van der Waals surface area contributed by atoms with E-state index < -0.39 is 0 Å². The van der Waals surface area contributed by atoms with Crippen LogP contribution in [0.3, 0.4) is 0 Å². The molecular formula is C15H26Cl2N2O. The van der Waals surface area contributed by atoms with Crippen LogP contribution in [0.25, 0.3) is 0 Å². The fourth-order valence-corrected chi connectivity index (χ4v) is 2.81. The van der Waals surface area contributed by atoms with Crippen LogP contribution in [0.2, 0.25) is 0 Å².